The van der Waals surface area contributed by atoms with Gasteiger partial charge in [0.2, 0.25) is 0 Å². The SMILES string of the molecule is COC(=O)c1ccc(Cn2c(=O)cc(C)c3cccc(C)c32)cc1. The summed E-state index contributed by atoms with van der Waals surface area (Å²) in [6.45, 7) is 4.43. The first-order valence-electron chi connectivity index (χ1n) is 7.78. The second-order valence-corrected chi connectivity index (χ2v) is 5.91. The van der Waals surface area contributed by atoms with Crippen LogP contribution in [0.2, 0.25) is 0 Å². The standard InChI is InChI=1S/C20H19NO3/c1-13-5-4-6-17-14(2)11-18(22)21(19(13)17)12-15-7-9-16(10-8-15)20(23)24-3/h4-11H,12H2,1-3H3. The number of para-hydroxylation sites is 1. The number of methoxy groups -OCH3 is 1. The number of benzene rings is 2. The monoisotopic (exact) mass is 321 g/mol. The van der Waals surface area contributed by atoms with Crippen LogP contribution in [0.1, 0.15) is 27.0 Å². The largest absolute Gasteiger partial charge is 0.465 e. The van der Waals surface area contributed by atoms with E-state index in [4.69, 9.17) is 4.74 Å². The number of carbonyl (C=O) groups excluding carboxylic acids is 1. The lowest BCUT2D eigenvalue weighted by molar-refractivity contribution is 0.0600. The lowest BCUT2D eigenvalue weighted by atomic mass is 10.1. The molecule has 0 saturated carbocycles. The quantitative estimate of drug-likeness (QED) is 0.694. The molecule has 0 N–H and O–H groups in total. The molecule has 0 unspecified atom stereocenters. The maximum Gasteiger partial charge on any atom is 0.337 e. The Hall–Kier alpha value is -2.88. The lowest BCUT2D eigenvalue weighted by Crippen LogP contribution is -2.21. The van der Waals surface area contributed by atoms with E-state index in [0.717, 1.165) is 27.6 Å². The number of rotatable bonds is 3. The van der Waals surface area contributed by atoms with Crippen LogP contribution in [0.15, 0.2) is 53.3 Å². The zero-order valence-corrected chi connectivity index (χ0v) is 14.0. The zero-order chi connectivity index (χ0) is 17.3. The number of fused-ring (bicyclic) bond motifs is 1. The number of nitrogens with zero attached hydrogens (tertiary/aromatic N) is 1. The highest BCUT2D eigenvalue weighted by Crippen LogP contribution is 2.21. The summed E-state index contributed by atoms with van der Waals surface area (Å²) in [6, 6.07) is 14.9. The number of pyridine rings is 1. The van der Waals surface area contributed by atoms with E-state index in [1.807, 2.05) is 44.2 Å². The Bertz CT molecular complexity index is 969. The first kappa shape index (κ1) is 16.0. The Morgan fingerprint density at radius 3 is 2.42 bits per heavy atom. The van der Waals surface area contributed by atoms with Gasteiger partial charge < -0.3 is 9.30 Å². The minimum absolute atomic E-state index is 0.0219. The van der Waals surface area contributed by atoms with Crippen molar-refractivity contribution >= 4 is 16.9 Å². The molecule has 0 bridgehead atoms. The van der Waals surface area contributed by atoms with E-state index in [1.54, 1.807) is 22.8 Å². The molecule has 0 spiro atoms. The fourth-order valence-corrected chi connectivity index (χ4v) is 2.99. The molecule has 0 aliphatic heterocycles. The summed E-state index contributed by atoms with van der Waals surface area (Å²) in [5.74, 6) is -0.365. The van der Waals surface area contributed by atoms with Gasteiger partial charge in [-0.3, -0.25) is 4.79 Å². The molecule has 1 aromatic heterocycles. The third-order valence-corrected chi connectivity index (χ3v) is 4.25. The Kier molecular flexibility index (Phi) is 4.21. The summed E-state index contributed by atoms with van der Waals surface area (Å²) in [5, 5.41) is 1.08. The van der Waals surface area contributed by atoms with Gasteiger partial charge in [-0.15, -0.1) is 0 Å². The van der Waals surface area contributed by atoms with Crippen LogP contribution < -0.4 is 5.56 Å². The van der Waals surface area contributed by atoms with Crippen molar-refractivity contribution in [3.63, 3.8) is 0 Å². The van der Waals surface area contributed by atoms with E-state index in [2.05, 4.69) is 0 Å². The van der Waals surface area contributed by atoms with Crippen molar-refractivity contribution in [2.75, 3.05) is 7.11 Å². The molecule has 24 heavy (non-hydrogen) atoms. The average molecular weight is 321 g/mol. The van der Waals surface area contributed by atoms with Crippen LogP contribution in [-0.2, 0) is 11.3 Å². The molecule has 0 fully saturated rings. The van der Waals surface area contributed by atoms with Gasteiger partial charge in [0.1, 0.15) is 0 Å². The summed E-state index contributed by atoms with van der Waals surface area (Å²) in [6.07, 6.45) is 0. The van der Waals surface area contributed by atoms with E-state index in [-0.39, 0.29) is 11.5 Å². The Morgan fingerprint density at radius 1 is 1.04 bits per heavy atom. The van der Waals surface area contributed by atoms with Gasteiger partial charge in [0.05, 0.1) is 24.7 Å². The second-order valence-electron chi connectivity index (χ2n) is 5.91. The lowest BCUT2D eigenvalue weighted by Gasteiger charge is -2.14. The Labute approximate surface area is 140 Å². The van der Waals surface area contributed by atoms with Crippen LogP contribution in [0.3, 0.4) is 0 Å². The van der Waals surface area contributed by atoms with E-state index >= 15 is 0 Å². The minimum Gasteiger partial charge on any atom is -0.465 e. The minimum atomic E-state index is -0.365. The molecule has 0 amide bonds. The third kappa shape index (κ3) is 2.83. The van der Waals surface area contributed by atoms with E-state index in [1.165, 1.54) is 7.11 Å². The molecule has 122 valence electrons. The highest BCUT2D eigenvalue weighted by molar-refractivity contribution is 5.89. The van der Waals surface area contributed by atoms with Gasteiger partial charge >= 0.3 is 5.97 Å². The second kappa shape index (κ2) is 6.32. The molecule has 2 aromatic carbocycles. The smallest absolute Gasteiger partial charge is 0.337 e. The van der Waals surface area contributed by atoms with Gasteiger partial charge in [-0.2, -0.15) is 0 Å². The van der Waals surface area contributed by atoms with E-state index < -0.39 is 0 Å². The molecule has 4 nitrogen and oxygen atoms in total. The molecule has 3 rings (SSSR count). The fraction of sp³-hybridized carbons (Fsp3) is 0.200. The van der Waals surface area contributed by atoms with Crippen LogP contribution in [-0.4, -0.2) is 17.6 Å². The normalized spacial score (nSPS) is 10.8. The van der Waals surface area contributed by atoms with Gasteiger partial charge in [-0.05, 0) is 42.7 Å². The van der Waals surface area contributed by atoms with Crippen LogP contribution >= 0.6 is 0 Å². The summed E-state index contributed by atoms with van der Waals surface area (Å²) >= 11 is 0. The van der Waals surface area contributed by atoms with Crippen LogP contribution in [0.4, 0.5) is 0 Å². The van der Waals surface area contributed by atoms with E-state index in [0.29, 0.717) is 12.1 Å². The predicted molar refractivity (Wildman–Crippen MR) is 94.6 cm³/mol. The van der Waals surface area contributed by atoms with Crippen molar-refractivity contribution in [2.24, 2.45) is 0 Å². The van der Waals surface area contributed by atoms with Gasteiger partial charge in [0, 0.05) is 11.5 Å². The van der Waals surface area contributed by atoms with E-state index in [9.17, 15) is 9.59 Å². The highest BCUT2D eigenvalue weighted by Gasteiger charge is 2.10. The predicted octanol–water partition coefficient (Wildman–Crippen LogP) is 3.45. The van der Waals surface area contributed by atoms with Crippen LogP contribution in [0.25, 0.3) is 10.9 Å². The Morgan fingerprint density at radius 2 is 1.75 bits per heavy atom. The van der Waals surface area contributed by atoms with Crippen LogP contribution in [0.5, 0.6) is 0 Å². The molecule has 0 aliphatic carbocycles. The maximum atomic E-state index is 12.5. The number of ether oxygens (including phenoxy) is 1. The van der Waals surface area contributed by atoms with Crippen molar-refractivity contribution in [3.8, 4) is 0 Å². The number of aryl methyl sites for hydroxylation is 2. The number of hydrogen-bond acceptors (Lipinski definition) is 3. The number of hydrogen-bond donors (Lipinski definition) is 0. The average Bonchev–Trinajstić information content (AvgIpc) is 2.58. The number of carbonyl (C=O) groups is 1. The van der Waals surface area contributed by atoms with Gasteiger partial charge in [0.15, 0.2) is 0 Å². The molecule has 0 atom stereocenters. The molecule has 0 saturated heterocycles. The summed E-state index contributed by atoms with van der Waals surface area (Å²) in [4.78, 5) is 24.0. The van der Waals surface area contributed by atoms with Crippen molar-refractivity contribution in [1.82, 2.24) is 4.57 Å². The Balaban J connectivity index is 2.07. The van der Waals surface area contributed by atoms with Crippen molar-refractivity contribution < 1.29 is 9.53 Å². The zero-order valence-electron chi connectivity index (χ0n) is 14.0. The summed E-state index contributed by atoms with van der Waals surface area (Å²) in [7, 11) is 1.36. The molecule has 0 radical (unpaired) electrons. The van der Waals surface area contributed by atoms with Crippen molar-refractivity contribution in [2.45, 2.75) is 20.4 Å². The maximum absolute atomic E-state index is 12.5. The molecule has 4 heteroatoms. The molecular formula is C20H19NO3. The molecular weight excluding hydrogens is 302 g/mol. The highest BCUT2D eigenvalue weighted by atomic mass is 16.5. The van der Waals surface area contributed by atoms with Gasteiger partial charge in [0.25, 0.3) is 5.56 Å². The number of aromatic nitrogens is 1. The van der Waals surface area contributed by atoms with Crippen molar-refractivity contribution in [3.05, 3.63) is 81.1 Å². The molecule has 1 heterocycles. The van der Waals surface area contributed by atoms with Gasteiger partial charge in [-0.1, -0.05) is 30.3 Å². The third-order valence-electron chi connectivity index (χ3n) is 4.25. The first-order valence-corrected chi connectivity index (χ1v) is 7.78. The molecule has 0 aliphatic rings. The van der Waals surface area contributed by atoms with Crippen LogP contribution in [0, 0.1) is 13.8 Å². The number of esters is 1. The summed E-state index contributed by atoms with van der Waals surface area (Å²) in [5.41, 5.74) is 4.44. The molecule has 3 aromatic rings. The summed E-state index contributed by atoms with van der Waals surface area (Å²) < 4.78 is 6.49. The van der Waals surface area contributed by atoms with Crippen molar-refractivity contribution in [1.29, 1.82) is 0 Å². The first-order chi connectivity index (χ1) is 11.5. The fourth-order valence-electron chi connectivity index (χ4n) is 2.99. The topological polar surface area (TPSA) is 48.3 Å². The van der Waals surface area contributed by atoms with Gasteiger partial charge in [-0.25, -0.2) is 4.79 Å².